The van der Waals surface area contributed by atoms with Crippen LogP contribution in [0.3, 0.4) is 0 Å². The first kappa shape index (κ1) is 14.9. The molecule has 0 saturated heterocycles. The first-order chi connectivity index (χ1) is 9.04. The Hall–Kier alpha value is -0.550. The monoisotopic (exact) mass is 276 g/mol. The summed E-state index contributed by atoms with van der Waals surface area (Å²) in [5, 5.41) is 0. The summed E-state index contributed by atoms with van der Waals surface area (Å²) in [6, 6.07) is -0.299. The van der Waals surface area contributed by atoms with Gasteiger partial charge in [-0.1, -0.05) is 24.5 Å². The van der Waals surface area contributed by atoms with Crippen molar-refractivity contribution >= 4 is 0 Å². The van der Waals surface area contributed by atoms with E-state index in [1.54, 1.807) is 0 Å². The van der Waals surface area contributed by atoms with Gasteiger partial charge in [0, 0.05) is 6.04 Å². The third kappa shape index (κ3) is 3.51. The van der Waals surface area contributed by atoms with E-state index >= 15 is 0 Å². The van der Waals surface area contributed by atoms with E-state index in [4.69, 9.17) is 5.84 Å². The number of alkyl halides is 3. The van der Waals surface area contributed by atoms with Crippen LogP contribution in [0.2, 0.25) is 0 Å². The second kappa shape index (κ2) is 6.27. The minimum atomic E-state index is -4.10. The van der Waals surface area contributed by atoms with Crippen LogP contribution >= 0.6 is 0 Å². The number of hydrogen-bond acceptors (Lipinski definition) is 2. The largest absolute Gasteiger partial charge is 0.392 e. The zero-order valence-corrected chi connectivity index (χ0v) is 11.2. The summed E-state index contributed by atoms with van der Waals surface area (Å²) in [6.45, 7) is 0. The van der Waals surface area contributed by atoms with Crippen LogP contribution in [0.25, 0.3) is 0 Å². The summed E-state index contributed by atoms with van der Waals surface area (Å²) in [6.07, 6.45) is 4.47. The molecule has 0 amide bonds. The third-order valence-electron chi connectivity index (χ3n) is 4.57. The molecule has 2 aliphatic carbocycles. The van der Waals surface area contributed by atoms with Gasteiger partial charge in [-0.05, 0) is 44.4 Å². The van der Waals surface area contributed by atoms with Crippen molar-refractivity contribution in [3.05, 3.63) is 11.6 Å². The summed E-state index contributed by atoms with van der Waals surface area (Å²) in [5.74, 6) is 3.98. The van der Waals surface area contributed by atoms with E-state index in [1.165, 1.54) is 0 Å². The highest BCUT2D eigenvalue weighted by atomic mass is 19.4. The van der Waals surface area contributed by atoms with Crippen molar-refractivity contribution in [2.75, 3.05) is 0 Å². The number of hydrogen-bond donors (Lipinski definition) is 2. The van der Waals surface area contributed by atoms with Crippen molar-refractivity contribution in [2.45, 2.75) is 63.6 Å². The molecule has 3 unspecified atom stereocenters. The lowest BCUT2D eigenvalue weighted by atomic mass is 9.72. The average Bonchev–Trinajstić information content (AvgIpc) is 2.40. The molecule has 2 rings (SSSR count). The molecule has 5 heteroatoms. The van der Waals surface area contributed by atoms with Crippen LogP contribution in [0.5, 0.6) is 0 Å². The Labute approximate surface area is 112 Å². The van der Waals surface area contributed by atoms with Crippen molar-refractivity contribution in [2.24, 2.45) is 17.7 Å². The van der Waals surface area contributed by atoms with Crippen LogP contribution in [0, 0.1) is 11.8 Å². The van der Waals surface area contributed by atoms with E-state index in [2.05, 4.69) is 11.5 Å². The molecule has 1 fully saturated rings. The van der Waals surface area contributed by atoms with Gasteiger partial charge in [-0.15, -0.1) is 0 Å². The van der Waals surface area contributed by atoms with Crippen molar-refractivity contribution in [3.63, 3.8) is 0 Å². The Kier molecular flexibility index (Phi) is 4.90. The molecule has 3 N–H and O–H groups in total. The lowest BCUT2D eigenvalue weighted by Crippen LogP contribution is -2.49. The molecule has 0 aromatic carbocycles. The second-order valence-corrected chi connectivity index (χ2v) is 5.77. The zero-order valence-electron chi connectivity index (χ0n) is 11.2. The minimum absolute atomic E-state index is 0.250. The molecule has 0 spiro atoms. The predicted octanol–water partition coefficient (Wildman–Crippen LogP) is 3.69. The fourth-order valence-corrected chi connectivity index (χ4v) is 3.62. The molecular weight excluding hydrogens is 253 g/mol. The normalized spacial score (nSPS) is 30.8. The number of allylic oxidation sites excluding steroid dienone is 1. The molecule has 110 valence electrons. The Morgan fingerprint density at radius 2 is 1.89 bits per heavy atom. The van der Waals surface area contributed by atoms with Crippen molar-refractivity contribution < 1.29 is 13.2 Å². The smallest absolute Gasteiger partial charge is 0.271 e. The van der Waals surface area contributed by atoms with Crippen LogP contribution in [0.4, 0.5) is 13.2 Å². The van der Waals surface area contributed by atoms with Crippen molar-refractivity contribution in [1.29, 1.82) is 0 Å². The van der Waals surface area contributed by atoms with Crippen LogP contribution in [0.1, 0.15) is 51.4 Å². The molecule has 0 bridgehead atoms. The summed E-state index contributed by atoms with van der Waals surface area (Å²) in [7, 11) is 0. The molecule has 2 nitrogen and oxygen atoms in total. The van der Waals surface area contributed by atoms with Gasteiger partial charge in [-0.25, -0.2) is 0 Å². The number of hydrazine groups is 1. The molecule has 0 radical (unpaired) electrons. The van der Waals surface area contributed by atoms with Gasteiger partial charge in [0.25, 0.3) is 0 Å². The summed E-state index contributed by atoms with van der Waals surface area (Å²) in [5.41, 5.74) is 3.77. The van der Waals surface area contributed by atoms with Gasteiger partial charge in [0.15, 0.2) is 0 Å². The fraction of sp³-hybridized carbons (Fsp3) is 0.857. The maximum atomic E-state index is 13.2. The molecule has 3 atom stereocenters. The minimum Gasteiger partial charge on any atom is -0.271 e. The lowest BCUT2D eigenvalue weighted by Gasteiger charge is -2.39. The van der Waals surface area contributed by atoms with Crippen molar-refractivity contribution in [1.82, 2.24) is 5.43 Å². The van der Waals surface area contributed by atoms with Gasteiger partial charge >= 0.3 is 6.18 Å². The van der Waals surface area contributed by atoms with Gasteiger partial charge in [-0.2, -0.15) is 13.2 Å². The molecule has 1 saturated carbocycles. The topological polar surface area (TPSA) is 38.0 Å². The predicted molar refractivity (Wildman–Crippen MR) is 69.2 cm³/mol. The molecule has 0 heterocycles. The Balaban J connectivity index is 2.16. The van der Waals surface area contributed by atoms with Gasteiger partial charge in [0.05, 0.1) is 5.92 Å². The number of nitrogens with one attached hydrogen (secondary N) is 1. The Morgan fingerprint density at radius 1 is 1.16 bits per heavy atom. The molecule has 0 aromatic rings. The van der Waals surface area contributed by atoms with E-state index < -0.39 is 18.0 Å². The zero-order chi connectivity index (χ0) is 13.9. The standard InChI is InChI=1S/C14H23F3N2/c15-14(16,17)12-9-5-4-8-11(12)13(19-18)10-6-2-1-3-7-10/h6,11-13,19H,1-5,7-9,18H2. The van der Waals surface area contributed by atoms with Gasteiger partial charge in [0.2, 0.25) is 0 Å². The van der Waals surface area contributed by atoms with Crippen LogP contribution < -0.4 is 11.3 Å². The van der Waals surface area contributed by atoms with E-state index in [0.717, 1.165) is 37.7 Å². The molecule has 2 aliphatic rings. The maximum Gasteiger partial charge on any atom is 0.392 e. The number of halogens is 3. The fourth-order valence-electron chi connectivity index (χ4n) is 3.62. The quantitative estimate of drug-likeness (QED) is 0.469. The van der Waals surface area contributed by atoms with E-state index in [-0.39, 0.29) is 12.5 Å². The van der Waals surface area contributed by atoms with Crippen LogP contribution in [-0.4, -0.2) is 12.2 Å². The second-order valence-electron chi connectivity index (χ2n) is 5.77. The van der Waals surface area contributed by atoms with Crippen molar-refractivity contribution in [3.8, 4) is 0 Å². The summed E-state index contributed by atoms with van der Waals surface area (Å²) >= 11 is 0. The van der Waals surface area contributed by atoms with Crippen LogP contribution in [0.15, 0.2) is 11.6 Å². The number of rotatable bonds is 3. The van der Waals surface area contributed by atoms with Gasteiger partial charge in [-0.3, -0.25) is 11.3 Å². The molecule has 19 heavy (non-hydrogen) atoms. The van der Waals surface area contributed by atoms with E-state index in [0.29, 0.717) is 12.8 Å². The van der Waals surface area contributed by atoms with E-state index in [9.17, 15) is 13.2 Å². The summed E-state index contributed by atoms with van der Waals surface area (Å²) in [4.78, 5) is 0. The molecule has 0 aliphatic heterocycles. The first-order valence-corrected chi connectivity index (χ1v) is 7.26. The SMILES string of the molecule is NNC(C1=CCCCC1)C1CCCCC1C(F)(F)F. The lowest BCUT2D eigenvalue weighted by molar-refractivity contribution is -0.198. The van der Waals surface area contributed by atoms with Crippen LogP contribution in [-0.2, 0) is 0 Å². The Morgan fingerprint density at radius 3 is 2.47 bits per heavy atom. The average molecular weight is 276 g/mol. The maximum absolute atomic E-state index is 13.2. The van der Waals surface area contributed by atoms with Gasteiger partial charge in [0.1, 0.15) is 0 Å². The molecular formula is C14H23F3N2. The highest BCUT2D eigenvalue weighted by molar-refractivity contribution is 5.15. The number of nitrogens with two attached hydrogens (primary N) is 1. The van der Waals surface area contributed by atoms with E-state index in [1.807, 2.05) is 0 Å². The highest BCUT2D eigenvalue weighted by Crippen LogP contribution is 2.44. The highest BCUT2D eigenvalue weighted by Gasteiger charge is 2.48. The first-order valence-electron chi connectivity index (χ1n) is 7.26. The third-order valence-corrected chi connectivity index (χ3v) is 4.57. The van der Waals surface area contributed by atoms with Gasteiger partial charge < -0.3 is 0 Å². The summed E-state index contributed by atoms with van der Waals surface area (Å²) < 4.78 is 39.5. The molecule has 0 aromatic heterocycles. The Bertz CT molecular complexity index is 325.